The van der Waals surface area contributed by atoms with E-state index in [-0.39, 0.29) is 23.2 Å². The van der Waals surface area contributed by atoms with Crippen molar-refractivity contribution >= 4 is 0 Å². The molecule has 3 nitrogen and oxygen atoms in total. The van der Waals surface area contributed by atoms with Gasteiger partial charge in [0.2, 0.25) is 5.79 Å². The van der Waals surface area contributed by atoms with Gasteiger partial charge in [0, 0.05) is 17.7 Å². The van der Waals surface area contributed by atoms with Crippen LogP contribution in [0.4, 0.5) is 39.5 Å². The molecule has 0 bridgehead atoms. The van der Waals surface area contributed by atoms with Crippen LogP contribution in [0.15, 0.2) is 60.7 Å². The molecular formula is C19H16F9NO2. The highest BCUT2D eigenvalue weighted by molar-refractivity contribution is 5.33. The summed E-state index contributed by atoms with van der Waals surface area (Å²) in [5.74, 6) is -2.57. The molecule has 2 aromatic carbocycles. The fourth-order valence-electron chi connectivity index (χ4n) is 2.80. The SMILES string of the molecule is CCOC(ONC(C(F)(F)F)(C(F)(F)F)C(F)(F)F)(c1ccccc1)c1ccccc1. The molecule has 0 fully saturated rings. The van der Waals surface area contributed by atoms with E-state index in [1.54, 1.807) is 0 Å². The monoisotopic (exact) mass is 461 g/mol. The molecule has 31 heavy (non-hydrogen) atoms. The number of ether oxygens (including phenoxy) is 1. The zero-order valence-electron chi connectivity index (χ0n) is 15.7. The summed E-state index contributed by atoms with van der Waals surface area (Å²) in [6, 6.07) is 13.3. The van der Waals surface area contributed by atoms with E-state index in [1.165, 1.54) is 67.6 Å². The van der Waals surface area contributed by atoms with Gasteiger partial charge in [-0.25, -0.2) is 0 Å². The first-order valence-electron chi connectivity index (χ1n) is 8.63. The first-order chi connectivity index (χ1) is 14.2. The maximum Gasteiger partial charge on any atom is 0.426 e. The zero-order chi connectivity index (χ0) is 23.6. The van der Waals surface area contributed by atoms with Crippen molar-refractivity contribution < 1.29 is 49.1 Å². The molecule has 0 aliphatic rings. The molecule has 1 N–H and O–H groups in total. The fourth-order valence-corrected chi connectivity index (χ4v) is 2.80. The van der Waals surface area contributed by atoms with Crippen LogP contribution in [0.2, 0.25) is 0 Å². The van der Waals surface area contributed by atoms with Crippen LogP contribution < -0.4 is 5.48 Å². The van der Waals surface area contributed by atoms with E-state index < -0.39 is 29.9 Å². The topological polar surface area (TPSA) is 30.5 Å². The lowest BCUT2D eigenvalue weighted by molar-refractivity contribution is -0.427. The predicted octanol–water partition coefficient (Wildman–Crippen LogP) is 5.87. The number of hydrogen-bond donors (Lipinski definition) is 1. The Balaban J connectivity index is 2.71. The van der Waals surface area contributed by atoms with Gasteiger partial charge in [0.1, 0.15) is 0 Å². The Morgan fingerprint density at radius 3 is 1.29 bits per heavy atom. The molecule has 0 aromatic heterocycles. The molecular weight excluding hydrogens is 445 g/mol. The zero-order valence-corrected chi connectivity index (χ0v) is 15.7. The molecule has 0 saturated carbocycles. The number of hydroxylamine groups is 1. The van der Waals surface area contributed by atoms with E-state index in [0.29, 0.717) is 0 Å². The molecule has 0 saturated heterocycles. The minimum Gasteiger partial charge on any atom is -0.341 e. The van der Waals surface area contributed by atoms with Crippen molar-refractivity contribution in [1.29, 1.82) is 0 Å². The third kappa shape index (κ3) is 4.51. The summed E-state index contributed by atoms with van der Waals surface area (Å²) in [6.45, 7) is 1.01. The first kappa shape index (κ1) is 25.0. The van der Waals surface area contributed by atoms with Gasteiger partial charge in [0.05, 0.1) is 0 Å². The van der Waals surface area contributed by atoms with Gasteiger partial charge in [0.25, 0.3) is 0 Å². The largest absolute Gasteiger partial charge is 0.426 e. The van der Waals surface area contributed by atoms with Crippen molar-refractivity contribution in [2.45, 2.75) is 36.8 Å². The van der Waals surface area contributed by atoms with Gasteiger partial charge in [-0.3, -0.25) is 4.84 Å². The molecule has 172 valence electrons. The molecule has 0 spiro atoms. The average Bonchev–Trinajstić information content (AvgIpc) is 2.65. The quantitative estimate of drug-likeness (QED) is 0.318. The summed E-state index contributed by atoms with van der Waals surface area (Å²) in [7, 11) is 0. The van der Waals surface area contributed by atoms with Crippen molar-refractivity contribution in [3.05, 3.63) is 71.8 Å². The standard InChI is InChI=1S/C19H16F9NO2/c1-2-30-15(13-9-5-3-6-10-13,14-11-7-4-8-12-14)31-29-16(17(20,21)22,18(23,24)25)19(26,27)28/h3-12,29H,2H2,1H3. The second-order valence-electron chi connectivity index (χ2n) is 6.23. The van der Waals surface area contributed by atoms with Crippen LogP contribution >= 0.6 is 0 Å². The van der Waals surface area contributed by atoms with Crippen LogP contribution in [-0.4, -0.2) is 30.7 Å². The molecule has 2 aromatic rings. The van der Waals surface area contributed by atoms with Gasteiger partial charge in [-0.2, -0.15) is 45.0 Å². The maximum atomic E-state index is 13.3. The first-order valence-corrected chi connectivity index (χ1v) is 8.63. The highest BCUT2D eigenvalue weighted by Crippen LogP contribution is 2.53. The Morgan fingerprint density at radius 2 is 1.00 bits per heavy atom. The number of halogens is 9. The number of benzene rings is 2. The van der Waals surface area contributed by atoms with E-state index in [2.05, 4.69) is 4.84 Å². The van der Waals surface area contributed by atoms with Crippen LogP contribution in [-0.2, 0) is 15.4 Å². The number of alkyl halides is 9. The van der Waals surface area contributed by atoms with Crippen LogP contribution in [0.1, 0.15) is 18.1 Å². The predicted molar refractivity (Wildman–Crippen MR) is 90.4 cm³/mol. The Labute approximate surface area is 170 Å². The van der Waals surface area contributed by atoms with Crippen LogP contribution in [0, 0.1) is 0 Å². The highest BCUT2D eigenvalue weighted by Gasteiger charge is 2.85. The summed E-state index contributed by atoms with van der Waals surface area (Å²) >= 11 is 0. The van der Waals surface area contributed by atoms with E-state index in [4.69, 9.17) is 4.74 Å². The van der Waals surface area contributed by atoms with Gasteiger partial charge in [-0.15, -0.1) is 0 Å². The van der Waals surface area contributed by atoms with E-state index in [0.717, 1.165) is 0 Å². The lowest BCUT2D eigenvalue weighted by Gasteiger charge is -2.42. The van der Waals surface area contributed by atoms with Gasteiger partial charge in [-0.05, 0) is 6.92 Å². The van der Waals surface area contributed by atoms with Gasteiger partial charge in [-0.1, -0.05) is 60.7 Å². The summed E-state index contributed by atoms with van der Waals surface area (Å²) in [6.07, 6.45) is -20.6. The van der Waals surface area contributed by atoms with Crippen LogP contribution in [0.25, 0.3) is 0 Å². The van der Waals surface area contributed by atoms with Crippen molar-refractivity contribution in [2.75, 3.05) is 6.61 Å². The summed E-state index contributed by atoms with van der Waals surface area (Å²) in [5, 5.41) is 0. The molecule has 0 aliphatic carbocycles. The maximum absolute atomic E-state index is 13.3. The van der Waals surface area contributed by atoms with Crippen LogP contribution in [0.5, 0.6) is 0 Å². The highest BCUT2D eigenvalue weighted by atomic mass is 19.4. The lowest BCUT2D eigenvalue weighted by Crippen LogP contribution is -2.74. The third-order valence-corrected chi connectivity index (χ3v) is 4.28. The van der Waals surface area contributed by atoms with Gasteiger partial charge >= 0.3 is 24.1 Å². The van der Waals surface area contributed by atoms with E-state index >= 15 is 0 Å². The van der Waals surface area contributed by atoms with E-state index in [1.807, 2.05) is 0 Å². The minimum absolute atomic E-state index is 0.143. The van der Waals surface area contributed by atoms with Gasteiger partial charge < -0.3 is 4.74 Å². The van der Waals surface area contributed by atoms with Crippen LogP contribution in [0.3, 0.4) is 0 Å². The smallest absolute Gasteiger partial charge is 0.341 e. The molecule has 0 amide bonds. The van der Waals surface area contributed by atoms with Crippen molar-refractivity contribution in [3.63, 3.8) is 0 Å². The average molecular weight is 461 g/mol. The lowest BCUT2D eigenvalue weighted by atomic mass is 9.96. The fraction of sp³-hybridized carbons (Fsp3) is 0.368. The summed E-state index contributed by atoms with van der Waals surface area (Å²) in [5.41, 5.74) is -6.39. The number of rotatable bonds is 7. The minimum atomic E-state index is -6.85. The van der Waals surface area contributed by atoms with Crippen molar-refractivity contribution in [3.8, 4) is 0 Å². The third-order valence-electron chi connectivity index (χ3n) is 4.28. The second kappa shape index (κ2) is 8.67. The van der Waals surface area contributed by atoms with E-state index in [9.17, 15) is 39.5 Å². The van der Waals surface area contributed by atoms with Crippen molar-refractivity contribution in [2.24, 2.45) is 0 Å². The Hall–Kier alpha value is -2.31. The Bertz CT molecular complexity index is 758. The van der Waals surface area contributed by atoms with Gasteiger partial charge in [0.15, 0.2) is 0 Å². The number of nitrogens with one attached hydrogen (secondary N) is 1. The molecule has 2 rings (SSSR count). The Morgan fingerprint density at radius 1 is 0.645 bits per heavy atom. The van der Waals surface area contributed by atoms with Crippen molar-refractivity contribution in [1.82, 2.24) is 5.48 Å². The normalized spacial score (nSPS) is 14.0. The summed E-state index contributed by atoms with van der Waals surface area (Å²) in [4.78, 5) is 4.66. The summed E-state index contributed by atoms with van der Waals surface area (Å²) < 4.78 is 125. The molecule has 0 heterocycles. The Kier molecular flexibility index (Phi) is 6.98. The molecule has 0 atom stereocenters. The molecule has 12 heteroatoms. The number of hydrogen-bond acceptors (Lipinski definition) is 3. The molecule has 0 aliphatic heterocycles. The molecule has 0 unspecified atom stereocenters. The molecule has 0 radical (unpaired) electrons. The second-order valence-corrected chi connectivity index (χ2v) is 6.23.